The van der Waals surface area contributed by atoms with Gasteiger partial charge < -0.3 is 15.0 Å². The van der Waals surface area contributed by atoms with Gasteiger partial charge in [0.1, 0.15) is 11.6 Å². The van der Waals surface area contributed by atoms with E-state index in [9.17, 15) is 4.79 Å². The Hall–Kier alpha value is -2.30. The van der Waals surface area contributed by atoms with Crippen LogP contribution in [-0.4, -0.2) is 22.1 Å². The topological polar surface area (TPSA) is 70.1 Å². The van der Waals surface area contributed by atoms with E-state index in [1.54, 1.807) is 6.92 Å². The van der Waals surface area contributed by atoms with Crippen LogP contribution in [0.15, 0.2) is 24.3 Å². The Morgan fingerprint density at radius 3 is 2.76 bits per heavy atom. The SMILES string of the molecule is CCOC(=O)c1nc(CC)n(Cc2cccc(C)c2)c1N. The van der Waals surface area contributed by atoms with Crippen molar-refractivity contribution in [1.29, 1.82) is 0 Å². The molecule has 0 saturated carbocycles. The number of carbonyl (C=O) groups is 1. The fraction of sp³-hybridized carbons (Fsp3) is 0.375. The van der Waals surface area contributed by atoms with Gasteiger partial charge in [-0.2, -0.15) is 0 Å². The maximum Gasteiger partial charge on any atom is 0.360 e. The maximum absolute atomic E-state index is 11.9. The van der Waals surface area contributed by atoms with E-state index in [0.717, 1.165) is 11.4 Å². The lowest BCUT2D eigenvalue weighted by molar-refractivity contribution is 0.0521. The average Bonchev–Trinajstić information content (AvgIpc) is 2.76. The third kappa shape index (κ3) is 3.24. The number of esters is 1. The summed E-state index contributed by atoms with van der Waals surface area (Å²) in [5.74, 6) is 0.691. The number of ether oxygens (including phenoxy) is 1. The van der Waals surface area contributed by atoms with Crippen LogP contribution in [0, 0.1) is 6.92 Å². The van der Waals surface area contributed by atoms with E-state index in [2.05, 4.69) is 11.1 Å². The lowest BCUT2D eigenvalue weighted by atomic mass is 10.1. The van der Waals surface area contributed by atoms with Gasteiger partial charge in [0, 0.05) is 6.42 Å². The number of anilines is 1. The first-order chi connectivity index (χ1) is 10.1. The molecule has 5 nitrogen and oxygen atoms in total. The summed E-state index contributed by atoms with van der Waals surface area (Å²) in [5, 5.41) is 0. The summed E-state index contributed by atoms with van der Waals surface area (Å²) in [6, 6.07) is 8.19. The predicted molar refractivity (Wildman–Crippen MR) is 82.3 cm³/mol. The van der Waals surface area contributed by atoms with Gasteiger partial charge in [-0.25, -0.2) is 9.78 Å². The molecule has 21 heavy (non-hydrogen) atoms. The van der Waals surface area contributed by atoms with Gasteiger partial charge in [-0.3, -0.25) is 0 Å². The van der Waals surface area contributed by atoms with Crippen molar-refractivity contribution < 1.29 is 9.53 Å². The number of hydrogen-bond donors (Lipinski definition) is 1. The largest absolute Gasteiger partial charge is 0.461 e. The summed E-state index contributed by atoms with van der Waals surface area (Å²) in [6.45, 7) is 6.71. The number of nitrogen functional groups attached to an aromatic ring is 1. The number of rotatable bonds is 5. The number of hydrogen-bond acceptors (Lipinski definition) is 4. The van der Waals surface area contributed by atoms with Gasteiger partial charge in [-0.1, -0.05) is 36.8 Å². The Morgan fingerprint density at radius 1 is 1.38 bits per heavy atom. The molecule has 0 atom stereocenters. The number of nitrogens with zero attached hydrogens (tertiary/aromatic N) is 2. The van der Waals surface area contributed by atoms with Crippen molar-refractivity contribution in [2.24, 2.45) is 0 Å². The highest BCUT2D eigenvalue weighted by Gasteiger charge is 2.20. The van der Waals surface area contributed by atoms with E-state index < -0.39 is 5.97 Å². The second-order valence-electron chi connectivity index (χ2n) is 4.91. The van der Waals surface area contributed by atoms with E-state index in [4.69, 9.17) is 10.5 Å². The molecular formula is C16H21N3O2. The maximum atomic E-state index is 11.9. The first-order valence-corrected chi connectivity index (χ1v) is 7.14. The van der Waals surface area contributed by atoms with Gasteiger partial charge in [0.15, 0.2) is 5.69 Å². The normalized spacial score (nSPS) is 10.6. The Bertz CT molecular complexity index is 647. The Morgan fingerprint density at radius 2 is 2.14 bits per heavy atom. The van der Waals surface area contributed by atoms with Crippen LogP contribution in [0.2, 0.25) is 0 Å². The fourth-order valence-corrected chi connectivity index (χ4v) is 2.30. The molecule has 0 aliphatic heterocycles. The van der Waals surface area contributed by atoms with Crippen molar-refractivity contribution in [3.8, 4) is 0 Å². The molecule has 0 bridgehead atoms. The number of carbonyl (C=O) groups excluding carboxylic acids is 1. The van der Waals surface area contributed by atoms with Crippen LogP contribution >= 0.6 is 0 Å². The minimum Gasteiger partial charge on any atom is -0.461 e. The monoisotopic (exact) mass is 287 g/mol. The molecular weight excluding hydrogens is 266 g/mol. The first kappa shape index (κ1) is 15.1. The highest BCUT2D eigenvalue weighted by atomic mass is 16.5. The average molecular weight is 287 g/mol. The number of aromatic nitrogens is 2. The molecule has 5 heteroatoms. The predicted octanol–water partition coefficient (Wildman–Crippen LogP) is 2.56. The van der Waals surface area contributed by atoms with Gasteiger partial charge in [0.05, 0.1) is 13.2 Å². The molecule has 2 rings (SSSR count). The van der Waals surface area contributed by atoms with Crippen LogP contribution in [-0.2, 0) is 17.7 Å². The molecule has 0 amide bonds. The van der Waals surface area contributed by atoms with E-state index >= 15 is 0 Å². The van der Waals surface area contributed by atoms with Crippen molar-refractivity contribution >= 4 is 11.8 Å². The van der Waals surface area contributed by atoms with Crippen LogP contribution in [0.25, 0.3) is 0 Å². The molecule has 1 aromatic carbocycles. The molecule has 0 unspecified atom stereocenters. The number of nitrogens with two attached hydrogens (primary N) is 1. The highest BCUT2D eigenvalue weighted by Crippen LogP contribution is 2.19. The lowest BCUT2D eigenvalue weighted by Crippen LogP contribution is -2.11. The van der Waals surface area contributed by atoms with Crippen LogP contribution in [0.4, 0.5) is 5.82 Å². The molecule has 0 fully saturated rings. The zero-order valence-corrected chi connectivity index (χ0v) is 12.7. The third-order valence-corrected chi connectivity index (χ3v) is 3.29. The van der Waals surface area contributed by atoms with Crippen molar-refractivity contribution in [1.82, 2.24) is 9.55 Å². The van der Waals surface area contributed by atoms with Gasteiger partial charge in [-0.15, -0.1) is 0 Å². The van der Waals surface area contributed by atoms with Crippen LogP contribution in [0.3, 0.4) is 0 Å². The van der Waals surface area contributed by atoms with Gasteiger partial charge in [0.25, 0.3) is 0 Å². The van der Waals surface area contributed by atoms with Crippen molar-refractivity contribution in [2.45, 2.75) is 33.7 Å². The minimum absolute atomic E-state index is 0.210. The zero-order chi connectivity index (χ0) is 15.4. The third-order valence-electron chi connectivity index (χ3n) is 3.29. The Labute approximate surface area is 124 Å². The Kier molecular flexibility index (Phi) is 4.62. The number of benzene rings is 1. The molecule has 112 valence electrons. The highest BCUT2D eigenvalue weighted by molar-refractivity contribution is 5.92. The quantitative estimate of drug-likeness (QED) is 0.858. The second-order valence-corrected chi connectivity index (χ2v) is 4.91. The standard InChI is InChI=1S/C16H21N3O2/c1-4-13-18-14(16(20)21-5-2)15(17)19(13)10-12-8-6-7-11(3)9-12/h6-9H,4-5,10,17H2,1-3H3. The summed E-state index contributed by atoms with van der Waals surface area (Å²) >= 11 is 0. The summed E-state index contributed by atoms with van der Waals surface area (Å²) in [4.78, 5) is 16.2. The van der Waals surface area contributed by atoms with Crippen molar-refractivity contribution in [2.75, 3.05) is 12.3 Å². The second kappa shape index (κ2) is 6.43. The molecule has 0 spiro atoms. The van der Waals surface area contributed by atoms with Crippen molar-refractivity contribution in [3.63, 3.8) is 0 Å². The summed E-state index contributed by atoms with van der Waals surface area (Å²) in [6.07, 6.45) is 0.704. The van der Waals surface area contributed by atoms with Crippen molar-refractivity contribution in [3.05, 3.63) is 46.9 Å². The molecule has 0 aliphatic rings. The molecule has 2 aromatic rings. The van der Waals surface area contributed by atoms with E-state index in [1.807, 2.05) is 36.6 Å². The summed E-state index contributed by atoms with van der Waals surface area (Å²) in [5.41, 5.74) is 8.62. The van der Waals surface area contributed by atoms with Crippen LogP contribution in [0.5, 0.6) is 0 Å². The summed E-state index contributed by atoms with van der Waals surface area (Å²) in [7, 11) is 0. The van der Waals surface area contributed by atoms with Crippen LogP contribution < -0.4 is 5.73 Å². The van der Waals surface area contributed by atoms with Gasteiger partial charge in [0.2, 0.25) is 0 Å². The van der Waals surface area contributed by atoms with Crippen LogP contribution in [0.1, 0.15) is 41.3 Å². The van der Waals surface area contributed by atoms with E-state index in [1.165, 1.54) is 5.56 Å². The summed E-state index contributed by atoms with van der Waals surface area (Å²) < 4.78 is 6.87. The Balaban J connectivity index is 2.36. The fourth-order valence-electron chi connectivity index (χ4n) is 2.30. The van der Waals surface area contributed by atoms with Gasteiger partial charge in [-0.05, 0) is 19.4 Å². The first-order valence-electron chi connectivity index (χ1n) is 7.14. The molecule has 1 aromatic heterocycles. The minimum atomic E-state index is -0.465. The van der Waals surface area contributed by atoms with E-state index in [-0.39, 0.29) is 5.69 Å². The van der Waals surface area contributed by atoms with Gasteiger partial charge >= 0.3 is 5.97 Å². The molecule has 0 radical (unpaired) electrons. The number of imidazole rings is 1. The molecule has 1 heterocycles. The lowest BCUT2D eigenvalue weighted by Gasteiger charge is -2.09. The number of aryl methyl sites for hydroxylation is 2. The molecule has 2 N–H and O–H groups in total. The van der Waals surface area contributed by atoms with E-state index in [0.29, 0.717) is 25.4 Å². The zero-order valence-electron chi connectivity index (χ0n) is 12.7. The smallest absolute Gasteiger partial charge is 0.360 e. The molecule has 0 aliphatic carbocycles. The molecule has 0 saturated heterocycles.